The average Bonchev–Trinajstić information content (AvgIpc) is 2.56. The van der Waals surface area contributed by atoms with E-state index in [9.17, 15) is 4.79 Å². The number of aromatic amines is 1. The molecule has 6 heteroatoms. The second-order valence-corrected chi connectivity index (χ2v) is 5.69. The maximum Gasteiger partial charge on any atom is 0.248 e. The first-order valence-corrected chi connectivity index (χ1v) is 7.78. The highest BCUT2D eigenvalue weighted by Crippen LogP contribution is 2.20. The average molecular weight is 321 g/mol. The van der Waals surface area contributed by atoms with E-state index in [1.807, 2.05) is 26.8 Å². The smallest absolute Gasteiger partial charge is 0.248 e. The Balaban J connectivity index is 2.14. The summed E-state index contributed by atoms with van der Waals surface area (Å²) in [5, 5.41) is 0. The molecule has 0 bridgehead atoms. The topological polar surface area (TPSA) is 97.5 Å². The number of rotatable bonds is 3. The minimum absolute atomic E-state index is 0.145. The summed E-state index contributed by atoms with van der Waals surface area (Å²) in [6.07, 6.45) is 4.26. The summed E-state index contributed by atoms with van der Waals surface area (Å²) in [6.45, 7) is 5.83. The normalized spacial score (nSPS) is 11.9. The number of nitrogens with one attached hydrogen (secondary N) is 1. The Bertz CT molecular complexity index is 1000. The van der Waals surface area contributed by atoms with Crippen LogP contribution in [0, 0.1) is 13.8 Å². The fraction of sp³-hybridized carbons (Fsp3) is 0.222. The van der Waals surface area contributed by atoms with Crippen LogP contribution in [0.1, 0.15) is 35.3 Å². The highest BCUT2D eigenvalue weighted by molar-refractivity contribution is 5.83. The molecule has 0 saturated heterocycles. The van der Waals surface area contributed by atoms with Gasteiger partial charge in [0, 0.05) is 12.3 Å². The third-order valence-corrected chi connectivity index (χ3v) is 3.83. The number of fused-ring (bicyclic) bond motifs is 1. The molecular weight excluding hydrogens is 302 g/mol. The van der Waals surface area contributed by atoms with Crippen LogP contribution in [0.15, 0.2) is 29.2 Å². The molecule has 0 fully saturated rings. The van der Waals surface area contributed by atoms with Crippen molar-refractivity contribution in [3.63, 3.8) is 0 Å². The van der Waals surface area contributed by atoms with Crippen LogP contribution in [0.2, 0.25) is 0 Å². The summed E-state index contributed by atoms with van der Waals surface area (Å²) in [7, 11) is 0. The van der Waals surface area contributed by atoms with E-state index in [1.54, 1.807) is 18.3 Å². The zero-order valence-corrected chi connectivity index (χ0v) is 13.9. The third kappa shape index (κ3) is 3.03. The second kappa shape index (κ2) is 6.23. The van der Waals surface area contributed by atoms with E-state index in [1.165, 1.54) is 6.07 Å². The van der Waals surface area contributed by atoms with Crippen molar-refractivity contribution in [3.8, 4) is 0 Å². The lowest BCUT2D eigenvalue weighted by Gasteiger charge is -2.10. The van der Waals surface area contributed by atoms with Crippen LogP contribution in [0.3, 0.4) is 0 Å². The first-order valence-electron chi connectivity index (χ1n) is 7.78. The molecule has 3 rings (SSSR count). The summed E-state index contributed by atoms with van der Waals surface area (Å²) in [6, 6.07) is 5.08. The largest absolute Gasteiger partial charge is 0.397 e. The van der Waals surface area contributed by atoms with Crippen molar-refractivity contribution in [1.82, 2.24) is 19.9 Å². The molecule has 6 nitrogen and oxygen atoms in total. The van der Waals surface area contributed by atoms with E-state index < -0.39 is 0 Å². The third-order valence-electron chi connectivity index (χ3n) is 3.83. The van der Waals surface area contributed by atoms with Crippen LogP contribution in [-0.2, 0) is 6.42 Å². The monoisotopic (exact) mass is 321 g/mol. The molecule has 3 heterocycles. The fourth-order valence-corrected chi connectivity index (χ4v) is 2.61. The minimum Gasteiger partial charge on any atom is -0.397 e. The zero-order chi connectivity index (χ0) is 17.3. The number of aryl methyl sites for hydroxylation is 3. The van der Waals surface area contributed by atoms with Crippen LogP contribution in [0.5, 0.6) is 0 Å². The van der Waals surface area contributed by atoms with Crippen molar-refractivity contribution < 1.29 is 0 Å². The minimum atomic E-state index is -0.145. The number of H-pyrrole nitrogens is 1. The maximum atomic E-state index is 11.5. The molecule has 0 atom stereocenters. The Morgan fingerprint density at radius 2 is 2.08 bits per heavy atom. The van der Waals surface area contributed by atoms with Crippen LogP contribution < -0.4 is 11.3 Å². The molecule has 0 amide bonds. The molecule has 0 unspecified atom stereocenters. The van der Waals surface area contributed by atoms with Gasteiger partial charge in [0.15, 0.2) is 0 Å². The molecule has 0 radical (unpaired) electrons. The Labute approximate surface area is 139 Å². The fourth-order valence-electron chi connectivity index (χ4n) is 2.61. The van der Waals surface area contributed by atoms with Gasteiger partial charge in [-0.15, -0.1) is 0 Å². The number of hydrogen-bond acceptors (Lipinski definition) is 5. The molecule has 122 valence electrons. The Kier molecular flexibility index (Phi) is 4.12. The van der Waals surface area contributed by atoms with E-state index in [4.69, 9.17) is 5.73 Å². The second-order valence-electron chi connectivity index (χ2n) is 5.69. The lowest BCUT2D eigenvalue weighted by molar-refractivity contribution is 1.04. The highest BCUT2D eigenvalue weighted by Gasteiger charge is 2.10. The predicted octanol–water partition coefficient (Wildman–Crippen LogP) is 2.35. The van der Waals surface area contributed by atoms with Gasteiger partial charge in [0.2, 0.25) is 5.56 Å². The van der Waals surface area contributed by atoms with Crippen molar-refractivity contribution in [2.45, 2.75) is 27.2 Å². The first kappa shape index (κ1) is 15.9. The van der Waals surface area contributed by atoms with Crippen molar-refractivity contribution >= 4 is 22.8 Å². The van der Waals surface area contributed by atoms with Crippen LogP contribution in [0.25, 0.3) is 22.8 Å². The van der Waals surface area contributed by atoms with Gasteiger partial charge in [-0.3, -0.25) is 14.8 Å². The SMILES string of the molecule is CCc1cc2[nH]c(=O)ccc2nc1C(N)=Cc1ncc(C)nc1C. The molecule has 0 aliphatic rings. The number of pyridine rings is 2. The van der Waals surface area contributed by atoms with Crippen LogP contribution in [-0.4, -0.2) is 19.9 Å². The number of hydrogen-bond donors (Lipinski definition) is 2. The number of nitrogens with two attached hydrogens (primary N) is 1. The summed E-state index contributed by atoms with van der Waals surface area (Å²) in [5.41, 5.74) is 12.2. The summed E-state index contributed by atoms with van der Waals surface area (Å²) in [4.78, 5) is 27.7. The van der Waals surface area contributed by atoms with Gasteiger partial charge in [-0.25, -0.2) is 4.98 Å². The molecule has 0 spiro atoms. The predicted molar refractivity (Wildman–Crippen MR) is 95.3 cm³/mol. The molecule has 3 aromatic rings. The van der Waals surface area contributed by atoms with Gasteiger partial charge in [-0.2, -0.15) is 0 Å². The van der Waals surface area contributed by atoms with Crippen molar-refractivity contribution in [3.05, 3.63) is 63.1 Å². The van der Waals surface area contributed by atoms with Gasteiger partial charge in [0.1, 0.15) is 0 Å². The van der Waals surface area contributed by atoms with Crippen molar-refractivity contribution in [2.24, 2.45) is 5.73 Å². The molecule has 0 aromatic carbocycles. The van der Waals surface area contributed by atoms with E-state index in [0.29, 0.717) is 22.4 Å². The van der Waals surface area contributed by atoms with E-state index in [-0.39, 0.29) is 5.56 Å². The van der Waals surface area contributed by atoms with E-state index in [0.717, 1.165) is 29.1 Å². The molecule has 3 aromatic heterocycles. The highest BCUT2D eigenvalue weighted by atomic mass is 16.1. The number of nitrogens with zero attached hydrogens (tertiary/aromatic N) is 3. The van der Waals surface area contributed by atoms with Crippen LogP contribution in [0.4, 0.5) is 0 Å². The quantitative estimate of drug-likeness (QED) is 0.771. The van der Waals surface area contributed by atoms with Gasteiger partial charge in [-0.05, 0) is 44.0 Å². The zero-order valence-electron chi connectivity index (χ0n) is 13.9. The van der Waals surface area contributed by atoms with E-state index in [2.05, 4.69) is 19.9 Å². The molecule has 0 saturated carbocycles. The molecule has 0 aliphatic carbocycles. The van der Waals surface area contributed by atoms with Gasteiger partial charge in [0.25, 0.3) is 0 Å². The van der Waals surface area contributed by atoms with Crippen molar-refractivity contribution in [2.75, 3.05) is 0 Å². The summed E-state index contributed by atoms with van der Waals surface area (Å²) < 4.78 is 0. The summed E-state index contributed by atoms with van der Waals surface area (Å²) >= 11 is 0. The molecular formula is C18H19N5O. The van der Waals surface area contributed by atoms with Gasteiger partial charge < -0.3 is 10.7 Å². The molecule has 0 aliphatic heterocycles. The van der Waals surface area contributed by atoms with Crippen molar-refractivity contribution in [1.29, 1.82) is 0 Å². The molecule has 3 N–H and O–H groups in total. The Morgan fingerprint density at radius 3 is 2.79 bits per heavy atom. The number of aromatic nitrogens is 4. The lowest BCUT2D eigenvalue weighted by Crippen LogP contribution is -2.08. The lowest BCUT2D eigenvalue weighted by atomic mass is 10.1. The Hall–Kier alpha value is -3.02. The first-order chi connectivity index (χ1) is 11.5. The Morgan fingerprint density at radius 1 is 1.29 bits per heavy atom. The van der Waals surface area contributed by atoms with Gasteiger partial charge >= 0.3 is 0 Å². The maximum absolute atomic E-state index is 11.5. The molecule has 24 heavy (non-hydrogen) atoms. The van der Waals surface area contributed by atoms with Gasteiger partial charge in [0.05, 0.1) is 39.5 Å². The standard InChI is InChI=1S/C18H19N5O/c1-4-12-7-16-14(5-6-17(24)22-16)23-18(12)13(19)8-15-11(3)21-10(2)9-20-15/h5-9H,4,19H2,1-3H3,(H,22,24). The van der Waals surface area contributed by atoms with Crippen LogP contribution >= 0.6 is 0 Å². The summed E-state index contributed by atoms with van der Waals surface area (Å²) in [5.74, 6) is 0. The van der Waals surface area contributed by atoms with Gasteiger partial charge in [-0.1, -0.05) is 6.92 Å². The van der Waals surface area contributed by atoms with E-state index >= 15 is 0 Å².